The normalized spacial score (nSPS) is 17.2. The molecule has 0 fully saturated rings. The fourth-order valence-corrected chi connectivity index (χ4v) is 2.70. The Labute approximate surface area is 126 Å². The van der Waals surface area contributed by atoms with Gasteiger partial charge in [0, 0.05) is 17.8 Å². The molecule has 1 aliphatic rings. The molecule has 0 amide bonds. The molecule has 2 rings (SSSR count). The van der Waals surface area contributed by atoms with E-state index in [4.69, 9.17) is 5.73 Å². The van der Waals surface area contributed by atoms with Gasteiger partial charge in [-0.25, -0.2) is 0 Å². The fraction of sp³-hybridized carbons (Fsp3) is 0.467. The number of aromatic nitrogens is 1. The van der Waals surface area contributed by atoms with Crippen molar-refractivity contribution in [2.45, 2.75) is 46.3 Å². The van der Waals surface area contributed by atoms with E-state index in [0.717, 1.165) is 17.1 Å². The van der Waals surface area contributed by atoms with Crippen LogP contribution in [-0.2, 0) is 6.54 Å². The van der Waals surface area contributed by atoms with Gasteiger partial charge in [0.2, 0.25) is 0 Å². The molecule has 0 radical (unpaired) electrons. The number of hydrogen-bond donors (Lipinski definition) is 2. The first kappa shape index (κ1) is 15.5. The highest BCUT2D eigenvalue weighted by atomic mass is 28.3. The third-order valence-corrected chi connectivity index (χ3v) is 4.06. The standard InChI is InChI=1S/C15H22N4OSi/c1-6-19-13-12(10(2)17-15(16)18-13)9-11(14(19)20)7-8-21(3,4)5/h9,15,18H,6,16H2,1-5H3. The monoisotopic (exact) mass is 302 g/mol. The van der Waals surface area contributed by atoms with Crippen molar-refractivity contribution in [3.05, 3.63) is 27.5 Å². The maximum Gasteiger partial charge on any atom is 0.267 e. The Hall–Kier alpha value is -1.84. The van der Waals surface area contributed by atoms with E-state index in [0.29, 0.717) is 12.1 Å². The van der Waals surface area contributed by atoms with Crippen LogP contribution in [0.2, 0.25) is 19.6 Å². The van der Waals surface area contributed by atoms with Gasteiger partial charge in [0.25, 0.3) is 5.56 Å². The van der Waals surface area contributed by atoms with Crippen molar-refractivity contribution in [3.8, 4) is 11.5 Å². The zero-order chi connectivity index (χ0) is 15.8. The summed E-state index contributed by atoms with van der Waals surface area (Å²) in [4.78, 5) is 16.9. The van der Waals surface area contributed by atoms with E-state index in [2.05, 4.69) is 41.4 Å². The highest BCUT2D eigenvalue weighted by Gasteiger charge is 2.20. The second-order valence-corrected chi connectivity index (χ2v) is 10.9. The second-order valence-electron chi connectivity index (χ2n) is 6.17. The molecule has 6 heteroatoms. The van der Waals surface area contributed by atoms with Crippen molar-refractivity contribution in [3.63, 3.8) is 0 Å². The minimum Gasteiger partial charge on any atom is -0.337 e. The van der Waals surface area contributed by atoms with Gasteiger partial charge < -0.3 is 5.32 Å². The van der Waals surface area contributed by atoms with E-state index in [1.807, 2.05) is 19.9 Å². The third kappa shape index (κ3) is 3.26. The predicted molar refractivity (Wildman–Crippen MR) is 90.4 cm³/mol. The Morgan fingerprint density at radius 3 is 2.71 bits per heavy atom. The topological polar surface area (TPSA) is 72.4 Å². The molecule has 0 saturated heterocycles. The lowest BCUT2D eigenvalue weighted by Gasteiger charge is -2.24. The van der Waals surface area contributed by atoms with E-state index in [1.165, 1.54) is 0 Å². The first-order valence-electron chi connectivity index (χ1n) is 7.11. The molecule has 1 aromatic heterocycles. The van der Waals surface area contributed by atoms with Crippen molar-refractivity contribution in [2.75, 3.05) is 5.32 Å². The lowest BCUT2D eigenvalue weighted by molar-refractivity contribution is 0.697. The largest absolute Gasteiger partial charge is 0.337 e. The summed E-state index contributed by atoms with van der Waals surface area (Å²) in [6.07, 6.45) is -0.506. The first-order valence-corrected chi connectivity index (χ1v) is 10.6. The summed E-state index contributed by atoms with van der Waals surface area (Å²) in [5, 5.41) is 3.06. The molecule has 1 atom stereocenters. The van der Waals surface area contributed by atoms with Gasteiger partial charge >= 0.3 is 0 Å². The van der Waals surface area contributed by atoms with E-state index in [-0.39, 0.29) is 5.56 Å². The average Bonchev–Trinajstić information content (AvgIpc) is 2.35. The maximum atomic E-state index is 12.6. The summed E-state index contributed by atoms with van der Waals surface area (Å²) in [5.41, 5.74) is 11.3. The Bertz CT molecular complexity index is 716. The maximum absolute atomic E-state index is 12.6. The van der Waals surface area contributed by atoms with Crippen LogP contribution in [0.4, 0.5) is 5.82 Å². The van der Waals surface area contributed by atoms with E-state index < -0.39 is 14.4 Å². The predicted octanol–water partition coefficient (Wildman–Crippen LogP) is 1.57. The van der Waals surface area contributed by atoms with Crippen LogP contribution in [0.15, 0.2) is 15.9 Å². The van der Waals surface area contributed by atoms with Crippen LogP contribution in [0.1, 0.15) is 25.0 Å². The molecule has 0 bridgehead atoms. The molecule has 112 valence electrons. The minimum atomic E-state index is -1.53. The van der Waals surface area contributed by atoms with Crippen LogP contribution in [0.25, 0.3) is 0 Å². The number of aliphatic imine (C=N–C) groups is 1. The van der Waals surface area contributed by atoms with Gasteiger partial charge in [-0.05, 0) is 19.9 Å². The zero-order valence-corrected chi connectivity index (χ0v) is 14.2. The van der Waals surface area contributed by atoms with Crippen molar-refractivity contribution < 1.29 is 0 Å². The quantitative estimate of drug-likeness (QED) is 0.611. The number of pyridine rings is 1. The number of nitrogens with zero attached hydrogens (tertiary/aromatic N) is 2. The van der Waals surface area contributed by atoms with Gasteiger partial charge in [-0.1, -0.05) is 25.6 Å². The molecule has 0 saturated carbocycles. The highest BCUT2D eigenvalue weighted by Crippen LogP contribution is 2.21. The second kappa shape index (κ2) is 5.51. The number of fused-ring (bicyclic) bond motifs is 1. The summed E-state index contributed by atoms with van der Waals surface area (Å²) in [6.45, 7) is 10.9. The SMILES string of the molecule is CCn1c2c(cc(C#C[Si](C)(C)C)c1=O)C(C)=NC(N)N2. The van der Waals surface area contributed by atoms with Crippen LogP contribution >= 0.6 is 0 Å². The average molecular weight is 302 g/mol. The Kier molecular flexibility index (Phi) is 4.08. The number of nitrogens with one attached hydrogen (secondary N) is 1. The summed E-state index contributed by atoms with van der Waals surface area (Å²) in [7, 11) is -1.53. The molecule has 0 aromatic carbocycles. The molecule has 1 aliphatic heterocycles. The Morgan fingerprint density at radius 1 is 1.48 bits per heavy atom. The van der Waals surface area contributed by atoms with Crippen LogP contribution in [-0.4, -0.2) is 24.6 Å². The molecule has 0 spiro atoms. The van der Waals surface area contributed by atoms with Crippen molar-refractivity contribution in [1.29, 1.82) is 0 Å². The summed E-state index contributed by atoms with van der Waals surface area (Å²) in [5.74, 6) is 3.81. The van der Waals surface area contributed by atoms with Gasteiger partial charge in [-0.3, -0.25) is 20.1 Å². The van der Waals surface area contributed by atoms with E-state index in [1.54, 1.807) is 4.57 Å². The molecule has 21 heavy (non-hydrogen) atoms. The van der Waals surface area contributed by atoms with Crippen LogP contribution in [0.5, 0.6) is 0 Å². The lowest BCUT2D eigenvalue weighted by Crippen LogP contribution is -2.37. The number of nitrogens with two attached hydrogens (primary N) is 1. The smallest absolute Gasteiger partial charge is 0.267 e. The number of hydrogen-bond acceptors (Lipinski definition) is 4. The summed E-state index contributed by atoms with van der Waals surface area (Å²) >= 11 is 0. The molecule has 5 nitrogen and oxygen atoms in total. The molecule has 1 unspecified atom stereocenters. The fourth-order valence-electron chi connectivity index (χ4n) is 2.19. The van der Waals surface area contributed by atoms with Gasteiger partial charge in [0.15, 0.2) is 6.29 Å². The first-order chi connectivity index (χ1) is 9.73. The zero-order valence-electron chi connectivity index (χ0n) is 13.2. The number of anilines is 1. The van der Waals surface area contributed by atoms with Gasteiger partial charge in [0.1, 0.15) is 13.9 Å². The van der Waals surface area contributed by atoms with Crippen molar-refractivity contribution >= 4 is 19.6 Å². The Balaban J connectivity index is 2.68. The van der Waals surface area contributed by atoms with E-state index >= 15 is 0 Å². The van der Waals surface area contributed by atoms with Gasteiger partial charge in [-0.15, -0.1) is 5.54 Å². The Morgan fingerprint density at radius 2 is 2.14 bits per heavy atom. The molecule has 0 aliphatic carbocycles. The molecule has 1 aromatic rings. The summed E-state index contributed by atoms with van der Waals surface area (Å²) in [6, 6.07) is 1.83. The molecular formula is C15H22N4OSi. The van der Waals surface area contributed by atoms with Crippen LogP contribution in [0.3, 0.4) is 0 Å². The van der Waals surface area contributed by atoms with Crippen LogP contribution in [0, 0.1) is 11.5 Å². The molecular weight excluding hydrogens is 280 g/mol. The third-order valence-electron chi connectivity index (χ3n) is 3.18. The van der Waals surface area contributed by atoms with Crippen LogP contribution < -0.4 is 16.6 Å². The summed E-state index contributed by atoms with van der Waals surface area (Å²) < 4.78 is 1.68. The highest BCUT2D eigenvalue weighted by molar-refractivity contribution is 6.83. The molecule has 2 heterocycles. The minimum absolute atomic E-state index is 0.0728. The lowest BCUT2D eigenvalue weighted by atomic mass is 10.1. The van der Waals surface area contributed by atoms with Gasteiger partial charge in [-0.2, -0.15) is 0 Å². The van der Waals surface area contributed by atoms with Crippen molar-refractivity contribution in [1.82, 2.24) is 4.57 Å². The van der Waals surface area contributed by atoms with Crippen molar-refractivity contribution in [2.24, 2.45) is 10.7 Å². The van der Waals surface area contributed by atoms with Gasteiger partial charge in [0.05, 0.1) is 5.56 Å². The molecule has 3 N–H and O–H groups in total. The number of rotatable bonds is 1. The van der Waals surface area contributed by atoms with E-state index in [9.17, 15) is 4.79 Å².